The van der Waals surface area contributed by atoms with Crippen molar-refractivity contribution in [2.45, 2.75) is 0 Å². The third-order valence-corrected chi connectivity index (χ3v) is 9.30. The second kappa shape index (κ2) is 9.18. The molecular weight excluding hydrogens is 548 g/mol. The SMILES string of the molecule is c1ccc(-n2c3ccncc3c3cc(-n4c5ccccc5c5cc6c7ccccc7n(-c7ccccc7)c6cc54)ccc32)cc1. The smallest absolute Gasteiger partial charge is 0.0571 e. The van der Waals surface area contributed by atoms with Crippen LogP contribution < -0.4 is 0 Å². The van der Waals surface area contributed by atoms with Crippen molar-refractivity contribution in [3.05, 3.63) is 158 Å². The second-order valence-corrected chi connectivity index (χ2v) is 11.7. The van der Waals surface area contributed by atoms with E-state index in [0.717, 1.165) is 28.0 Å². The molecule has 6 aromatic carbocycles. The first-order valence-electron chi connectivity index (χ1n) is 15.3. The number of aromatic nitrogens is 4. The molecule has 0 aliphatic rings. The second-order valence-electron chi connectivity index (χ2n) is 11.7. The molecule has 4 nitrogen and oxygen atoms in total. The summed E-state index contributed by atoms with van der Waals surface area (Å²) in [5.41, 5.74) is 10.5. The first kappa shape index (κ1) is 24.3. The summed E-state index contributed by atoms with van der Waals surface area (Å²) in [6, 6.07) is 52.5. The van der Waals surface area contributed by atoms with Crippen molar-refractivity contribution >= 4 is 65.4 Å². The predicted molar refractivity (Wildman–Crippen MR) is 187 cm³/mol. The molecule has 10 aromatic rings. The van der Waals surface area contributed by atoms with Gasteiger partial charge in [-0.25, -0.2) is 0 Å². The van der Waals surface area contributed by atoms with Gasteiger partial charge < -0.3 is 13.7 Å². The van der Waals surface area contributed by atoms with Gasteiger partial charge in [0.1, 0.15) is 0 Å². The van der Waals surface area contributed by atoms with Gasteiger partial charge in [-0.05, 0) is 72.8 Å². The highest BCUT2D eigenvalue weighted by Gasteiger charge is 2.19. The van der Waals surface area contributed by atoms with E-state index in [0.29, 0.717) is 0 Å². The zero-order chi connectivity index (χ0) is 29.5. The van der Waals surface area contributed by atoms with Crippen LogP contribution in [0.1, 0.15) is 0 Å². The lowest BCUT2D eigenvalue weighted by Gasteiger charge is -2.11. The van der Waals surface area contributed by atoms with E-state index in [4.69, 9.17) is 0 Å². The Morgan fingerprint density at radius 2 is 0.800 bits per heavy atom. The van der Waals surface area contributed by atoms with Crippen LogP contribution in [0.4, 0.5) is 0 Å². The minimum Gasteiger partial charge on any atom is -0.309 e. The molecule has 0 saturated heterocycles. The molecule has 0 amide bonds. The Hall–Kier alpha value is -6.13. The Morgan fingerprint density at radius 3 is 1.44 bits per heavy atom. The fraction of sp³-hybridized carbons (Fsp3) is 0. The molecule has 0 spiro atoms. The number of fused-ring (bicyclic) bond motifs is 9. The zero-order valence-corrected chi connectivity index (χ0v) is 24.3. The number of benzene rings is 6. The molecule has 0 fully saturated rings. The van der Waals surface area contributed by atoms with Crippen molar-refractivity contribution in [3.8, 4) is 17.1 Å². The molecule has 4 heterocycles. The molecule has 0 atom stereocenters. The first-order valence-corrected chi connectivity index (χ1v) is 15.3. The zero-order valence-electron chi connectivity index (χ0n) is 24.3. The molecule has 45 heavy (non-hydrogen) atoms. The lowest BCUT2D eigenvalue weighted by molar-refractivity contribution is 1.16. The van der Waals surface area contributed by atoms with E-state index < -0.39 is 0 Å². The number of hydrogen-bond acceptors (Lipinski definition) is 1. The summed E-state index contributed by atoms with van der Waals surface area (Å²) in [7, 11) is 0. The molecule has 0 aliphatic carbocycles. The Morgan fingerprint density at radius 1 is 0.311 bits per heavy atom. The van der Waals surface area contributed by atoms with Crippen molar-refractivity contribution in [3.63, 3.8) is 0 Å². The Labute approximate surface area is 258 Å². The van der Waals surface area contributed by atoms with Gasteiger partial charge in [0.15, 0.2) is 0 Å². The molecule has 4 heteroatoms. The van der Waals surface area contributed by atoms with E-state index in [1.165, 1.54) is 54.5 Å². The number of pyridine rings is 1. The molecule has 0 saturated carbocycles. The fourth-order valence-corrected chi connectivity index (χ4v) is 7.41. The van der Waals surface area contributed by atoms with Crippen LogP contribution in [0.3, 0.4) is 0 Å². The summed E-state index contributed by atoms with van der Waals surface area (Å²) in [5.74, 6) is 0. The van der Waals surface area contributed by atoms with Crippen molar-refractivity contribution in [2.24, 2.45) is 0 Å². The van der Waals surface area contributed by atoms with Crippen LogP contribution in [-0.4, -0.2) is 18.7 Å². The summed E-state index contributed by atoms with van der Waals surface area (Å²) in [6.45, 7) is 0. The van der Waals surface area contributed by atoms with Gasteiger partial charge >= 0.3 is 0 Å². The van der Waals surface area contributed by atoms with Crippen molar-refractivity contribution < 1.29 is 0 Å². The van der Waals surface area contributed by atoms with E-state index in [-0.39, 0.29) is 0 Å². The maximum absolute atomic E-state index is 4.53. The van der Waals surface area contributed by atoms with Crippen molar-refractivity contribution in [1.82, 2.24) is 18.7 Å². The summed E-state index contributed by atoms with van der Waals surface area (Å²) < 4.78 is 7.16. The summed E-state index contributed by atoms with van der Waals surface area (Å²) in [5, 5.41) is 7.35. The fourth-order valence-electron chi connectivity index (χ4n) is 7.41. The van der Waals surface area contributed by atoms with Crippen LogP contribution in [0.15, 0.2) is 158 Å². The Balaban J connectivity index is 1.32. The van der Waals surface area contributed by atoms with Crippen LogP contribution in [0.5, 0.6) is 0 Å². The van der Waals surface area contributed by atoms with Gasteiger partial charge in [0.2, 0.25) is 0 Å². The Kier molecular flexibility index (Phi) is 4.96. The third kappa shape index (κ3) is 3.39. The van der Waals surface area contributed by atoms with Crippen LogP contribution in [-0.2, 0) is 0 Å². The van der Waals surface area contributed by atoms with Gasteiger partial charge in [-0.1, -0.05) is 72.8 Å². The number of para-hydroxylation sites is 4. The van der Waals surface area contributed by atoms with E-state index in [1.54, 1.807) is 0 Å². The van der Waals surface area contributed by atoms with Gasteiger partial charge in [-0.15, -0.1) is 0 Å². The lowest BCUT2D eigenvalue weighted by Crippen LogP contribution is -1.96. The predicted octanol–water partition coefficient (Wildman–Crippen LogP) is 10.4. The maximum Gasteiger partial charge on any atom is 0.0571 e. The minimum absolute atomic E-state index is 1.13. The van der Waals surface area contributed by atoms with E-state index >= 15 is 0 Å². The van der Waals surface area contributed by atoms with Gasteiger partial charge in [0, 0.05) is 61.8 Å². The summed E-state index contributed by atoms with van der Waals surface area (Å²) in [6.07, 6.45) is 3.88. The van der Waals surface area contributed by atoms with Gasteiger partial charge in [0.25, 0.3) is 0 Å². The standard InChI is InChI=1S/C41H26N4/c1-3-11-27(12-4-1)43-38-20-19-29(23-32(38)35-26-42-22-21-39(35)43)45-37-18-10-8-16-31(37)34-24-33-30-15-7-9-17-36(30)44(40(33)25-41(34)45)28-13-5-2-6-14-28/h1-26H. The molecule has 0 radical (unpaired) electrons. The summed E-state index contributed by atoms with van der Waals surface area (Å²) in [4.78, 5) is 4.53. The number of rotatable bonds is 3. The quantitative estimate of drug-likeness (QED) is 0.206. The molecule has 0 N–H and O–H groups in total. The van der Waals surface area contributed by atoms with E-state index in [9.17, 15) is 0 Å². The molecular formula is C41H26N4. The lowest BCUT2D eigenvalue weighted by atomic mass is 10.1. The Bertz CT molecular complexity index is 2750. The highest BCUT2D eigenvalue weighted by atomic mass is 15.0. The minimum atomic E-state index is 1.13. The number of nitrogens with zero attached hydrogens (tertiary/aromatic N) is 4. The summed E-state index contributed by atoms with van der Waals surface area (Å²) >= 11 is 0. The van der Waals surface area contributed by atoms with Gasteiger partial charge in [-0.3, -0.25) is 4.98 Å². The topological polar surface area (TPSA) is 27.7 Å². The van der Waals surface area contributed by atoms with E-state index in [2.05, 4.69) is 164 Å². The number of hydrogen-bond donors (Lipinski definition) is 0. The monoisotopic (exact) mass is 574 g/mol. The maximum atomic E-state index is 4.53. The highest BCUT2D eigenvalue weighted by Crippen LogP contribution is 2.40. The van der Waals surface area contributed by atoms with Crippen LogP contribution in [0.2, 0.25) is 0 Å². The highest BCUT2D eigenvalue weighted by molar-refractivity contribution is 6.19. The average Bonchev–Trinajstić information content (AvgIpc) is 3.73. The van der Waals surface area contributed by atoms with E-state index in [1.807, 2.05) is 12.4 Å². The van der Waals surface area contributed by atoms with Gasteiger partial charge in [-0.2, -0.15) is 0 Å². The molecule has 0 aliphatic heterocycles. The van der Waals surface area contributed by atoms with Crippen molar-refractivity contribution in [2.75, 3.05) is 0 Å². The van der Waals surface area contributed by atoms with Crippen LogP contribution in [0.25, 0.3) is 82.5 Å². The molecule has 0 bridgehead atoms. The van der Waals surface area contributed by atoms with Crippen molar-refractivity contribution in [1.29, 1.82) is 0 Å². The normalized spacial score (nSPS) is 12.0. The molecule has 10 rings (SSSR count). The third-order valence-electron chi connectivity index (χ3n) is 9.30. The molecule has 4 aromatic heterocycles. The van der Waals surface area contributed by atoms with Gasteiger partial charge in [0.05, 0.1) is 33.1 Å². The first-order chi connectivity index (χ1) is 22.3. The van der Waals surface area contributed by atoms with Crippen LogP contribution in [0, 0.1) is 0 Å². The largest absolute Gasteiger partial charge is 0.309 e. The van der Waals surface area contributed by atoms with Crippen LogP contribution >= 0.6 is 0 Å². The molecule has 210 valence electrons. The molecule has 0 unspecified atom stereocenters. The average molecular weight is 575 g/mol.